The van der Waals surface area contributed by atoms with Crippen LogP contribution in [-0.2, 0) is 16.1 Å². The standard InChI is InChI=1S/C19H15N5O2S/c25-16(12-26-11-13-4-8-20-9-5-13)22-17-14-6-10-27-19(14)24-18(23-17)15-3-1-2-7-21-15/h1-10H,11-12H2,(H,22,23,24,25). The van der Waals surface area contributed by atoms with Crippen LogP contribution in [0.3, 0.4) is 0 Å². The van der Waals surface area contributed by atoms with E-state index in [0.717, 1.165) is 15.8 Å². The number of anilines is 1. The second-order valence-corrected chi connectivity index (χ2v) is 6.54. The molecule has 8 heteroatoms. The van der Waals surface area contributed by atoms with E-state index in [2.05, 4.69) is 25.3 Å². The summed E-state index contributed by atoms with van der Waals surface area (Å²) in [5.74, 6) is 0.653. The smallest absolute Gasteiger partial charge is 0.251 e. The lowest BCUT2D eigenvalue weighted by molar-refractivity contribution is -0.121. The molecule has 0 unspecified atom stereocenters. The topological polar surface area (TPSA) is 89.9 Å². The molecule has 134 valence electrons. The Hall–Kier alpha value is -3.23. The van der Waals surface area contributed by atoms with Crippen LogP contribution < -0.4 is 5.32 Å². The molecule has 4 aromatic heterocycles. The normalized spacial score (nSPS) is 10.8. The third-order valence-corrected chi connectivity index (χ3v) is 4.53. The number of ether oxygens (including phenoxy) is 1. The van der Waals surface area contributed by atoms with Crippen LogP contribution in [0.25, 0.3) is 21.7 Å². The van der Waals surface area contributed by atoms with Gasteiger partial charge in [0.15, 0.2) is 5.82 Å². The van der Waals surface area contributed by atoms with Crippen LogP contribution in [0.15, 0.2) is 60.4 Å². The minimum absolute atomic E-state index is 0.0725. The molecule has 0 bridgehead atoms. The molecule has 0 saturated heterocycles. The fourth-order valence-corrected chi connectivity index (χ4v) is 3.23. The van der Waals surface area contributed by atoms with Gasteiger partial charge in [0.25, 0.3) is 5.91 Å². The van der Waals surface area contributed by atoms with Gasteiger partial charge >= 0.3 is 0 Å². The summed E-state index contributed by atoms with van der Waals surface area (Å²) in [5, 5.41) is 5.53. The highest BCUT2D eigenvalue weighted by Crippen LogP contribution is 2.27. The number of thiophene rings is 1. The van der Waals surface area contributed by atoms with E-state index in [1.165, 1.54) is 11.3 Å². The predicted molar refractivity (Wildman–Crippen MR) is 103 cm³/mol. The summed E-state index contributed by atoms with van der Waals surface area (Å²) in [6.07, 6.45) is 5.06. The fourth-order valence-electron chi connectivity index (χ4n) is 2.47. The van der Waals surface area contributed by atoms with Crippen molar-refractivity contribution in [3.8, 4) is 11.5 Å². The molecule has 7 nitrogen and oxygen atoms in total. The molecule has 0 saturated carbocycles. The molecule has 4 aromatic rings. The van der Waals surface area contributed by atoms with Gasteiger partial charge in [-0.1, -0.05) is 6.07 Å². The molecule has 0 spiro atoms. The van der Waals surface area contributed by atoms with E-state index >= 15 is 0 Å². The Morgan fingerprint density at radius 3 is 2.78 bits per heavy atom. The first-order valence-corrected chi connectivity index (χ1v) is 9.11. The first-order valence-electron chi connectivity index (χ1n) is 8.23. The van der Waals surface area contributed by atoms with E-state index in [9.17, 15) is 4.79 Å². The van der Waals surface area contributed by atoms with Crippen LogP contribution >= 0.6 is 11.3 Å². The summed E-state index contributed by atoms with van der Waals surface area (Å²) in [4.78, 5) is 30.3. The number of hydrogen-bond acceptors (Lipinski definition) is 7. The van der Waals surface area contributed by atoms with E-state index in [1.54, 1.807) is 18.6 Å². The Balaban J connectivity index is 1.49. The minimum Gasteiger partial charge on any atom is -0.367 e. The zero-order valence-electron chi connectivity index (χ0n) is 14.2. The lowest BCUT2D eigenvalue weighted by atomic mass is 10.3. The largest absolute Gasteiger partial charge is 0.367 e. The number of carbonyl (C=O) groups excluding carboxylic acids is 1. The van der Waals surface area contributed by atoms with Crippen molar-refractivity contribution in [1.82, 2.24) is 19.9 Å². The Labute approximate surface area is 159 Å². The lowest BCUT2D eigenvalue weighted by Crippen LogP contribution is -2.19. The van der Waals surface area contributed by atoms with Gasteiger partial charge in [0.1, 0.15) is 22.9 Å². The molecular formula is C19H15N5O2S. The monoisotopic (exact) mass is 377 g/mol. The molecule has 27 heavy (non-hydrogen) atoms. The van der Waals surface area contributed by atoms with Crippen molar-refractivity contribution in [2.45, 2.75) is 6.61 Å². The van der Waals surface area contributed by atoms with Crippen LogP contribution in [0, 0.1) is 0 Å². The summed E-state index contributed by atoms with van der Waals surface area (Å²) in [6, 6.07) is 11.1. The molecule has 0 aromatic carbocycles. The van der Waals surface area contributed by atoms with Gasteiger partial charge in [-0.15, -0.1) is 11.3 Å². The third-order valence-electron chi connectivity index (χ3n) is 3.73. The minimum atomic E-state index is -0.276. The molecule has 0 aliphatic heterocycles. The number of rotatable bonds is 6. The highest BCUT2D eigenvalue weighted by molar-refractivity contribution is 7.16. The van der Waals surface area contributed by atoms with Gasteiger partial charge in [-0.25, -0.2) is 9.97 Å². The summed E-state index contributed by atoms with van der Waals surface area (Å²) in [7, 11) is 0. The number of pyridine rings is 2. The van der Waals surface area contributed by atoms with Gasteiger partial charge in [0, 0.05) is 18.6 Å². The summed E-state index contributed by atoms with van der Waals surface area (Å²) < 4.78 is 5.47. The average molecular weight is 377 g/mol. The van der Waals surface area contributed by atoms with Crippen LogP contribution in [0.1, 0.15) is 5.56 Å². The van der Waals surface area contributed by atoms with Crippen LogP contribution in [0.2, 0.25) is 0 Å². The molecular weight excluding hydrogens is 362 g/mol. The van der Waals surface area contributed by atoms with Crippen LogP contribution in [0.4, 0.5) is 5.82 Å². The van der Waals surface area contributed by atoms with E-state index < -0.39 is 0 Å². The highest BCUT2D eigenvalue weighted by Gasteiger charge is 2.13. The zero-order chi connectivity index (χ0) is 18.5. The van der Waals surface area contributed by atoms with Crippen molar-refractivity contribution in [2.75, 3.05) is 11.9 Å². The van der Waals surface area contributed by atoms with Gasteiger partial charge < -0.3 is 10.1 Å². The molecule has 0 fully saturated rings. The van der Waals surface area contributed by atoms with Crippen molar-refractivity contribution in [2.24, 2.45) is 0 Å². The number of hydrogen-bond donors (Lipinski definition) is 1. The van der Waals surface area contributed by atoms with Gasteiger partial charge in [-0.2, -0.15) is 0 Å². The van der Waals surface area contributed by atoms with Gasteiger partial charge in [-0.05, 0) is 41.3 Å². The lowest BCUT2D eigenvalue weighted by Gasteiger charge is -2.08. The van der Waals surface area contributed by atoms with Crippen molar-refractivity contribution in [1.29, 1.82) is 0 Å². The molecule has 0 atom stereocenters. The second kappa shape index (κ2) is 7.98. The molecule has 0 aliphatic rings. The average Bonchev–Trinajstić information content (AvgIpc) is 3.18. The number of nitrogens with zero attached hydrogens (tertiary/aromatic N) is 4. The maximum absolute atomic E-state index is 12.3. The quantitative estimate of drug-likeness (QED) is 0.554. The van der Waals surface area contributed by atoms with E-state index in [0.29, 0.717) is 23.9 Å². The van der Waals surface area contributed by atoms with Crippen LogP contribution in [-0.4, -0.2) is 32.4 Å². The van der Waals surface area contributed by atoms with E-state index in [1.807, 2.05) is 41.8 Å². The third kappa shape index (κ3) is 4.13. The molecule has 4 rings (SSSR count). The zero-order valence-corrected chi connectivity index (χ0v) is 15.0. The summed E-state index contributed by atoms with van der Waals surface area (Å²) in [6.45, 7) is 0.267. The van der Waals surface area contributed by atoms with Crippen molar-refractivity contribution < 1.29 is 9.53 Å². The fraction of sp³-hybridized carbons (Fsp3) is 0.105. The molecule has 4 heterocycles. The van der Waals surface area contributed by atoms with E-state index in [-0.39, 0.29) is 12.5 Å². The molecule has 0 aliphatic carbocycles. The van der Waals surface area contributed by atoms with Crippen LogP contribution in [0.5, 0.6) is 0 Å². The van der Waals surface area contributed by atoms with Crippen molar-refractivity contribution in [3.05, 3.63) is 65.9 Å². The van der Waals surface area contributed by atoms with Gasteiger partial charge in [0.2, 0.25) is 0 Å². The first kappa shape index (κ1) is 17.2. The maximum Gasteiger partial charge on any atom is 0.251 e. The Kier molecular flexibility index (Phi) is 5.08. The number of fused-ring (bicyclic) bond motifs is 1. The number of carbonyl (C=O) groups is 1. The maximum atomic E-state index is 12.3. The SMILES string of the molecule is O=C(COCc1ccncc1)Nc1nc(-c2ccccn2)nc2sccc12. The van der Waals surface area contributed by atoms with Gasteiger partial charge in [-0.3, -0.25) is 14.8 Å². The Bertz CT molecular complexity index is 1050. The summed E-state index contributed by atoms with van der Waals surface area (Å²) in [5.41, 5.74) is 1.61. The number of aromatic nitrogens is 4. The highest BCUT2D eigenvalue weighted by atomic mass is 32.1. The molecule has 1 N–H and O–H groups in total. The van der Waals surface area contributed by atoms with Crippen molar-refractivity contribution in [3.63, 3.8) is 0 Å². The predicted octanol–water partition coefficient (Wildman–Crippen LogP) is 3.30. The summed E-state index contributed by atoms with van der Waals surface area (Å²) >= 11 is 1.49. The number of nitrogens with one attached hydrogen (secondary N) is 1. The number of amides is 1. The van der Waals surface area contributed by atoms with E-state index in [4.69, 9.17) is 4.74 Å². The first-order chi connectivity index (χ1) is 13.3. The Morgan fingerprint density at radius 2 is 1.96 bits per heavy atom. The van der Waals surface area contributed by atoms with Crippen molar-refractivity contribution >= 4 is 33.3 Å². The second-order valence-electron chi connectivity index (χ2n) is 5.65. The molecule has 0 radical (unpaired) electrons. The van der Waals surface area contributed by atoms with Gasteiger partial charge in [0.05, 0.1) is 12.0 Å². The Morgan fingerprint density at radius 1 is 1.07 bits per heavy atom. The molecule has 1 amide bonds.